The number of aromatic nitrogens is 5. The second kappa shape index (κ2) is 9.87. The molecule has 0 saturated heterocycles. The van der Waals surface area contributed by atoms with Gasteiger partial charge in [-0.25, -0.2) is 14.7 Å². The molecule has 0 atom stereocenters. The topological polar surface area (TPSA) is 98.4 Å². The molecule has 0 unspecified atom stereocenters. The number of rotatable bonds is 2. The van der Waals surface area contributed by atoms with Crippen LogP contribution < -0.4 is 0 Å². The van der Waals surface area contributed by atoms with Gasteiger partial charge in [-0.1, -0.05) is 47.9 Å². The number of hydrogen-bond acceptors (Lipinski definition) is 6. The third-order valence-electron chi connectivity index (χ3n) is 6.33. The molecule has 0 aliphatic carbocycles. The van der Waals surface area contributed by atoms with Crippen molar-refractivity contribution in [2.45, 2.75) is 20.8 Å². The van der Waals surface area contributed by atoms with Crippen molar-refractivity contribution in [1.29, 1.82) is 0 Å². The zero-order valence-electron chi connectivity index (χ0n) is 20.7. The Bertz CT molecular complexity index is 1960. The number of aryl methyl sites for hydroxylation is 1. The number of carbonyl (C=O) groups is 1. The van der Waals surface area contributed by atoms with Gasteiger partial charge in [-0.15, -0.1) is 0 Å². The summed E-state index contributed by atoms with van der Waals surface area (Å²) >= 11 is 0. The molecule has 0 aliphatic heterocycles. The number of aliphatic hydroxyl groups excluding tert-OH is 1. The Morgan fingerprint density at radius 3 is 2.24 bits per heavy atom. The molecule has 0 fully saturated rings. The van der Waals surface area contributed by atoms with Crippen LogP contribution in [0.2, 0.25) is 0 Å². The summed E-state index contributed by atoms with van der Waals surface area (Å²) in [4.78, 5) is 14.5. The number of pyridine rings is 1. The summed E-state index contributed by atoms with van der Waals surface area (Å²) in [6, 6.07) is 21.4. The third-order valence-corrected chi connectivity index (χ3v) is 6.33. The zero-order valence-corrected chi connectivity index (χ0v) is 23.0. The number of para-hydroxylation sites is 2. The van der Waals surface area contributed by atoms with Gasteiger partial charge in [0.25, 0.3) is 0 Å². The van der Waals surface area contributed by atoms with Gasteiger partial charge in [0.1, 0.15) is 6.33 Å². The molecular weight excluding hydrogens is 661 g/mol. The van der Waals surface area contributed by atoms with E-state index in [1.165, 1.54) is 41.7 Å². The SMILES string of the molecule is CC(=O)/C=C(/C)O.Cc1cc2c(cc1-n1c3ccccc3c3ccccc31)c1ncnn1c1[c-]onc21.[Pt]. The van der Waals surface area contributed by atoms with Crippen molar-refractivity contribution >= 4 is 55.0 Å². The average Bonchev–Trinajstić information content (AvgIpc) is 3.61. The van der Waals surface area contributed by atoms with Gasteiger partial charge in [0.2, 0.25) is 0 Å². The van der Waals surface area contributed by atoms with Crippen LogP contribution >= 0.6 is 0 Å². The van der Waals surface area contributed by atoms with Crippen LogP contribution in [0.25, 0.3) is 54.9 Å². The van der Waals surface area contributed by atoms with E-state index >= 15 is 0 Å². The monoisotopic (exact) mass is 683 g/mol. The first-order valence-corrected chi connectivity index (χ1v) is 11.7. The Labute approximate surface area is 231 Å². The predicted octanol–water partition coefficient (Wildman–Crippen LogP) is 6.26. The number of benzene rings is 3. The van der Waals surface area contributed by atoms with Gasteiger partial charge < -0.3 is 14.2 Å². The first-order valence-electron chi connectivity index (χ1n) is 11.7. The Hall–Kier alpha value is -4.29. The van der Waals surface area contributed by atoms with E-state index in [2.05, 4.69) is 93.7 Å². The van der Waals surface area contributed by atoms with Gasteiger partial charge in [-0.2, -0.15) is 5.10 Å². The number of aliphatic hydroxyl groups is 1. The molecule has 1 N–H and O–H groups in total. The van der Waals surface area contributed by atoms with Crippen LogP contribution in [0, 0.1) is 13.2 Å². The Morgan fingerprint density at radius 2 is 1.63 bits per heavy atom. The standard InChI is InChI=1S/C24H14N5O.C5H8O2.Pt/c1-14-10-17-18(24-25-13-26-29(24)22-12-30-27-23(17)22)11-21(14)28-19-8-4-2-6-15(19)16-7-3-5-9-20(16)28;1-4(6)3-5(2)7;/h2-11,13H,1H3;3,6H,1-2H3;/q-1;;/b;4-3-;. The van der Waals surface area contributed by atoms with Crippen LogP contribution in [0.1, 0.15) is 19.4 Å². The van der Waals surface area contributed by atoms with E-state index in [0.29, 0.717) is 5.52 Å². The molecule has 8 nitrogen and oxygen atoms in total. The number of ketones is 1. The molecule has 192 valence electrons. The fourth-order valence-electron chi connectivity index (χ4n) is 4.91. The Kier molecular flexibility index (Phi) is 6.59. The Balaban J connectivity index is 0.000000329. The van der Waals surface area contributed by atoms with Crippen molar-refractivity contribution in [1.82, 2.24) is 24.3 Å². The molecular formula is C29H22N5O3Pt-. The van der Waals surface area contributed by atoms with Gasteiger partial charge in [-0.3, -0.25) is 4.79 Å². The molecule has 0 spiro atoms. The minimum atomic E-state index is -0.125. The predicted molar refractivity (Wildman–Crippen MR) is 143 cm³/mol. The van der Waals surface area contributed by atoms with E-state index in [1.54, 1.807) is 10.8 Å². The minimum Gasteiger partial charge on any atom is -0.512 e. The first kappa shape index (κ1) is 25.4. The van der Waals surface area contributed by atoms with Gasteiger partial charge in [0.15, 0.2) is 11.4 Å². The number of nitrogens with zero attached hydrogens (tertiary/aromatic N) is 5. The van der Waals surface area contributed by atoms with Crippen molar-refractivity contribution in [3.8, 4) is 5.69 Å². The molecule has 3 aromatic carbocycles. The van der Waals surface area contributed by atoms with Crippen LogP contribution in [0.4, 0.5) is 0 Å². The second-order valence-corrected chi connectivity index (χ2v) is 8.93. The maximum absolute atomic E-state index is 10.0. The average molecular weight is 684 g/mol. The molecule has 0 aliphatic rings. The van der Waals surface area contributed by atoms with Crippen LogP contribution in [0.5, 0.6) is 0 Å². The molecule has 7 aromatic rings. The molecule has 0 saturated carbocycles. The van der Waals surface area contributed by atoms with E-state index < -0.39 is 0 Å². The molecule has 4 aromatic heterocycles. The molecule has 7 rings (SSSR count). The summed E-state index contributed by atoms with van der Waals surface area (Å²) < 4.78 is 9.20. The number of carbonyl (C=O) groups excluding carboxylic acids is 1. The number of hydrogen-bond donors (Lipinski definition) is 1. The zero-order chi connectivity index (χ0) is 25.7. The molecule has 0 bridgehead atoms. The molecule has 4 heterocycles. The van der Waals surface area contributed by atoms with Crippen molar-refractivity contribution < 1.29 is 35.5 Å². The summed E-state index contributed by atoms with van der Waals surface area (Å²) in [6.45, 7) is 4.98. The first-order chi connectivity index (χ1) is 17.9. The summed E-state index contributed by atoms with van der Waals surface area (Å²) in [7, 11) is 0. The largest absolute Gasteiger partial charge is 0.512 e. The molecule has 0 radical (unpaired) electrons. The van der Waals surface area contributed by atoms with E-state index in [9.17, 15) is 4.79 Å². The van der Waals surface area contributed by atoms with Crippen molar-refractivity contribution in [3.05, 3.63) is 90.7 Å². The number of fused-ring (bicyclic) bond motifs is 9. The van der Waals surface area contributed by atoms with Crippen LogP contribution in [0.3, 0.4) is 0 Å². The van der Waals surface area contributed by atoms with E-state index in [-0.39, 0.29) is 32.6 Å². The number of allylic oxidation sites excluding steroid dienone is 2. The van der Waals surface area contributed by atoms with Crippen molar-refractivity contribution in [2.24, 2.45) is 0 Å². The van der Waals surface area contributed by atoms with Crippen LogP contribution in [-0.4, -0.2) is 35.2 Å². The summed E-state index contributed by atoms with van der Waals surface area (Å²) in [5.41, 5.74) is 6.79. The van der Waals surface area contributed by atoms with Gasteiger partial charge in [-0.05, 0) is 61.8 Å². The van der Waals surface area contributed by atoms with Crippen LogP contribution in [-0.2, 0) is 25.9 Å². The van der Waals surface area contributed by atoms with E-state index in [4.69, 9.17) is 9.63 Å². The van der Waals surface area contributed by atoms with Gasteiger partial charge in [0.05, 0.1) is 16.8 Å². The smallest absolute Gasteiger partial charge is 0.159 e. The third kappa shape index (κ3) is 4.07. The fourth-order valence-corrected chi connectivity index (χ4v) is 4.91. The minimum absolute atomic E-state index is 0. The maximum atomic E-state index is 10.0. The maximum Gasteiger partial charge on any atom is 0.159 e. The summed E-state index contributed by atoms with van der Waals surface area (Å²) in [5.74, 6) is -0.0625. The summed E-state index contributed by atoms with van der Waals surface area (Å²) in [5, 5.41) is 21.3. The summed E-state index contributed by atoms with van der Waals surface area (Å²) in [6.07, 6.45) is 5.54. The Morgan fingerprint density at radius 1 is 0.974 bits per heavy atom. The molecule has 0 amide bonds. The normalized spacial score (nSPS) is 11.7. The molecule has 38 heavy (non-hydrogen) atoms. The van der Waals surface area contributed by atoms with Crippen molar-refractivity contribution in [3.63, 3.8) is 0 Å². The quantitative estimate of drug-likeness (QED) is 0.131. The van der Waals surface area contributed by atoms with Gasteiger partial charge >= 0.3 is 0 Å². The van der Waals surface area contributed by atoms with E-state index in [0.717, 1.165) is 33.2 Å². The fraction of sp³-hybridized carbons (Fsp3) is 0.103. The van der Waals surface area contributed by atoms with Crippen molar-refractivity contribution in [2.75, 3.05) is 0 Å². The molecule has 9 heteroatoms. The second-order valence-electron chi connectivity index (χ2n) is 8.93. The van der Waals surface area contributed by atoms with Crippen LogP contribution in [0.15, 0.2) is 83.3 Å². The van der Waals surface area contributed by atoms with E-state index in [1.807, 2.05) is 0 Å². The van der Waals surface area contributed by atoms with Gasteiger partial charge in [0, 0.05) is 49.0 Å².